The van der Waals surface area contributed by atoms with E-state index >= 15 is 0 Å². The van der Waals surface area contributed by atoms with Crippen LogP contribution in [0.5, 0.6) is 5.75 Å². The van der Waals surface area contributed by atoms with Crippen molar-refractivity contribution in [2.75, 3.05) is 13.2 Å². The molecule has 0 saturated heterocycles. The summed E-state index contributed by atoms with van der Waals surface area (Å²) in [7, 11) is -4.21. The summed E-state index contributed by atoms with van der Waals surface area (Å²) in [5, 5.41) is 8.47. The molecule has 2 heterocycles. The Bertz CT molecular complexity index is 1810. The zero-order valence-corrected chi connectivity index (χ0v) is 25.6. The Hall–Kier alpha value is -3.97. The molecule has 0 spiro atoms. The number of alkyl halides is 3. The van der Waals surface area contributed by atoms with Gasteiger partial charge in [-0.1, -0.05) is 35.5 Å². The average molecular weight is 631 g/mol. The molecule has 0 aliphatic carbocycles. The van der Waals surface area contributed by atoms with Crippen LogP contribution in [-0.4, -0.2) is 52.9 Å². The summed E-state index contributed by atoms with van der Waals surface area (Å²) >= 11 is 0. The smallest absolute Gasteiger partial charge is 0.416 e. The molecule has 2 atom stereocenters. The Morgan fingerprint density at radius 1 is 1.14 bits per heavy atom. The molecule has 4 aromatic rings. The molecule has 5 rings (SSSR count). The fourth-order valence-electron chi connectivity index (χ4n) is 5.70. The summed E-state index contributed by atoms with van der Waals surface area (Å²) in [6.45, 7) is 7.12. The summed E-state index contributed by atoms with van der Waals surface area (Å²) < 4.78 is 84.2. The molecule has 0 fully saturated rings. The number of ether oxygens (including phenoxy) is 2. The normalized spacial score (nSPS) is 17.5. The van der Waals surface area contributed by atoms with Crippen LogP contribution in [0.4, 0.5) is 13.2 Å². The van der Waals surface area contributed by atoms with Gasteiger partial charge in [0.25, 0.3) is 0 Å². The lowest BCUT2D eigenvalue weighted by molar-refractivity contribution is -0.143. The van der Waals surface area contributed by atoms with Gasteiger partial charge in [-0.2, -0.15) is 17.5 Å². The highest BCUT2D eigenvalue weighted by Crippen LogP contribution is 2.39. The third-order valence-corrected chi connectivity index (χ3v) is 9.62. The number of esters is 1. The van der Waals surface area contributed by atoms with Crippen LogP contribution in [0.3, 0.4) is 0 Å². The van der Waals surface area contributed by atoms with Gasteiger partial charge in [0, 0.05) is 19.0 Å². The number of carbonyl (C=O) groups excluding carboxylic acids is 1. The largest absolute Gasteiger partial charge is 0.488 e. The van der Waals surface area contributed by atoms with E-state index in [4.69, 9.17) is 9.47 Å². The van der Waals surface area contributed by atoms with Gasteiger partial charge < -0.3 is 9.47 Å². The molecule has 9 nitrogen and oxygen atoms in total. The van der Waals surface area contributed by atoms with Crippen molar-refractivity contribution in [3.63, 3.8) is 0 Å². The molecule has 0 saturated carbocycles. The molecule has 0 amide bonds. The predicted octanol–water partition coefficient (Wildman–Crippen LogP) is 5.84. The predicted molar refractivity (Wildman–Crippen MR) is 157 cm³/mol. The molecule has 234 valence electrons. The number of carbonyl (C=O) groups is 1. The number of aromatic nitrogens is 3. The maximum absolute atomic E-state index is 14.3. The molecular weight excluding hydrogens is 597 g/mol. The second-order valence-corrected chi connectivity index (χ2v) is 12.6. The lowest BCUT2D eigenvalue weighted by Crippen LogP contribution is -2.36. The standard InChI is InChI=1S/C31H33F3N4O5S/c1-5-38-26-14-12-23(20(4)30(26)35-36-38)24(16-29(39)42-6-2)21-11-13-25(31(32,33)34)22(15-21)18-37-17-19(3)43-27-9-7-8-10-28(27)44(37,40)41/h7-15,19,24H,5-6,16-18H2,1-4H3/t19-,24?/m1/s1. The number of nitrogens with zero attached hydrogens (tertiary/aromatic N) is 4. The Kier molecular flexibility index (Phi) is 8.72. The van der Waals surface area contributed by atoms with Crippen LogP contribution < -0.4 is 4.74 Å². The second-order valence-electron chi connectivity index (χ2n) is 10.7. The molecular formula is C31H33F3N4O5S. The summed E-state index contributed by atoms with van der Waals surface area (Å²) in [4.78, 5) is 12.7. The van der Waals surface area contributed by atoms with Crippen LogP contribution in [0.1, 0.15) is 60.9 Å². The highest BCUT2D eigenvalue weighted by Gasteiger charge is 2.38. The van der Waals surface area contributed by atoms with E-state index in [1.54, 1.807) is 24.6 Å². The molecule has 1 aliphatic heterocycles. The number of rotatable bonds is 8. The van der Waals surface area contributed by atoms with Gasteiger partial charge in [-0.3, -0.25) is 4.79 Å². The number of sulfonamides is 1. The zero-order chi connectivity index (χ0) is 31.8. The van der Waals surface area contributed by atoms with Crippen molar-refractivity contribution < 1.29 is 35.9 Å². The number of benzene rings is 3. The van der Waals surface area contributed by atoms with E-state index in [1.165, 1.54) is 30.3 Å². The van der Waals surface area contributed by atoms with Crippen LogP contribution in [0.15, 0.2) is 59.5 Å². The minimum absolute atomic E-state index is 0.113. The summed E-state index contributed by atoms with van der Waals surface area (Å²) in [6, 6.07) is 13.3. The first-order valence-corrected chi connectivity index (χ1v) is 15.7. The topological polar surface area (TPSA) is 104 Å². The molecule has 3 aromatic carbocycles. The molecule has 0 radical (unpaired) electrons. The van der Waals surface area contributed by atoms with Crippen LogP contribution in [-0.2, 0) is 38.8 Å². The zero-order valence-electron chi connectivity index (χ0n) is 24.8. The Labute approximate surface area is 253 Å². The molecule has 1 unspecified atom stereocenters. The third kappa shape index (κ3) is 6.03. The van der Waals surface area contributed by atoms with Crippen molar-refractivity contribution in [3.8, 4) is 5.75 Å². The van der Waals surface area contributed by atoms with Crippen molar-refractivity contribution in [2.45, 2.75) is 70.3 Å². The van der Waals surface area contributed by atoms with Crippen molar-refractivity contribution in [3.05, 3.63) is 82.4 Å². The first kappa shape index (κ1) is 31.5. The van der Waals surface area contributed by atoms with E-state index in [1.807, 2.05) is 26.0 Å². The molecule has 1 aromatic heterocycles. The average Bonchev–Trinajstić information content (AvgIpc) is 3.36. The van der Waals surface area contributed by atoms with Gasteiger partial charge in [-0.25, -0.2) is 13.1 Å². The number of hydrogen-bond acceptors (Lipinski definition) is 7. The second kappa shape index (κ2) is 12.2. The Balaban J connectivity index is 1.63. The Morgan fingerprint density at radius 3 is 2.59 bits per heavy atom. The van der Waals surface area contributed by atoms with E-state index in [0.29, 0.717) is 23.2 Å². The maximum Gasteiger partial charge on any atom is 0.416 e. The van der Waals surface area contributed by atoms with E-state index in [-0.39, 0.29) is 35.8 Å². The highest BCUT2D eigenvalue weighted by atomic mass is 32.2. The van der Waals surface area contributed by atoms with Crippen LogP contribution in [0.2, 0.25) is 0 Å². The van der Waals surface area contributed by atoms with Crippen molar-refractivity contribution in [2.24, 2.45) is 0 Å². The number of aryl methyl sites for hydroxylation is 2. The minimum atomic E-state index is -4.76. The summed E-state index contributed by atoms with van der Waals surface area (Å²) in [6.07, 6.45) is -5.52. The van der Waals surface area contributed by atoms with Gasteiger partial charge >= 0.3 is 12.1 Å². The lowest BCUT2D eigenvalue weighted by atomic mass is 9.84. The van der Waals surface area contributed by atoms with Gasteiger partial charge in [-0.15, -0.1) is 5.10 Å². The Morgan fingerprint density at radius 2 is 1.89 bits per heavy atom. The highest BCUT2D eigenvalue weighted by molar-refractivity contribution is 7.89. The SMILES string of the molecule is CCOC(=O)CC(c1ccc(C(F)(F)F)c(CN2C[C@@H](C)Oc3ccccc3S2(=O)=O)c1)c1ccc2c(nnn2CC)c1C. The van der Waals surface area contributed by atoms with Gasteiger partial charge in [0.1, 0.15) is 22.3 Å². The first-order chi connectivity index (χ1) is 20.8. The molecule has 1 aliphatic rings. The van der Waals surface area contributed by atoms with E-state index in [0.717, 1.165) is 21.5 Å². The van der Waals surface area contributed by atoms with E-state index < -0.39 is 46.3 Å². The molecule has 13 heteroatoms. The number of halogens is 3. The first-order valence-electron chi connectivity index (χ1n) is 14.3. The fraction of sp³-hybridized carbons (Fsp3) is 0.387. The molecule has 0 bridgehead atoms. The fourth-order valence-corrected chi connectivity index (χ4v) is 7.32. The lowest BCUT2D eigenvalue weighted by Gasteiger charge is -2.25. The van der Waals surface area contributed by atoms with Crippen LogP contribution >= 0.6 is 0 Å². The van der Waals surface area contributed by atoms with Crippen molar-refractivity contribution in [1.82, 2.24) is 19.3 Å². The number of hydrogen-bond donors (Lipinski definition) is 0. The summed E-state index contributed by atoms with van der Waals surface area (Å²) in [5.41, 5.74) is 2.02. The van der Waals surface area contributed by atoms with Gasteiger partial charge in [0.15, 0.2) is 0 Å². The van der Waals surface area contributed by atoms with Crippen LogP contribution in [0, 0.1) is 6.92 Å². The van der Waals surface area contributed by atoms with E-state index in [9.17, 15) is 26.4 Å². The quantitative estimate of drug-likeness (QED) is 0.226. The van der Waals surface area contributed by atoms with Crippen LogP contribution in [0.25, 0.3) is 11.0 Å². The third-order valence-electron chi connectivity index (χ3n) is 7.77. The van der Waals surface area contributed by atoms with E-state index in [2.05, 4.69) is 10.3 Å². The van der Waals surface area contributed by atoms with Gasteiger partial charge in [0.05, 0.1) is 30.7 Å². The number of para-hydroxylation sites is 1. The van der Waals surface area contributed by atoms with Crippen molar-refractivity contribution >= 4 is 27.0 Å². The van der Waals surface area contributed by atoms with Gasteiger partial charge in [0.2, 0.25) is 10.0 Å². The minimum Gasteiger partial charge on any atom is -0.488 e. The maximum atomic E-state index is 14.3. The monoisotopic (exact) mass is 630 g/mol. The molecule has 44 heavy (non-hydrogen) atoms. The number of fused-ring (bicyclic) bond motifs is 2. The molecule has 0 N–H and O–H groups in total. The van der Waals surface area contributed by atoms with Crippen molar-refractivity contribution in [1.29, 1.82) is 0 Å². The summed E-state index contributed by atoms with van der Waals surface area (Å²) in [5.74, 6) is -1.07. The van der Waals surface area contributed by atoms with Gasteiger partial charge in [-0.05, 0) is 74.2 Å².